The third-order valence-electron chi connectivity index (χ3n) is 4.19. The summed E-state index contributed by atoms with van der Waals surface area (Å²) in [7, 11) is 0. The average molecular weight is 372 g/mol. The van der Waals surface area contributed by atoms with Gasteiger partial charge in [-0.05, 0) is 42.5 Å². The summed E-state index contributed by atoms with van der Waals surface area (Å²) in [6.45, 7) is 1.78. The first-order chi connectivity index (χ1) is 12.5. The molecule has 7 heteroatoms. The minimum Gasteiger partial charge on any atom is -0.452 e. The Hall–Kier alpha value is -2.67. The van der Waals surface area contributed by atoms with Gasteiger partial charge in [-0.3, -0.25) is 9.59 Å². The molecule has 1 aromatic carbocycles. The highest BCUT2D eigenvalue weighted by atomic mass is 32.1. The number of thiophene rings is 1. The van der Waals surface area contributed by atoms with Crippen molar-refractivity contribution in [3.63, 3.8) is 0 Å². The quantitative estimate of drug-likeness (QED) is 0.818. The largest absolute Gasteiger partial charge is 0.452 e. The second-order valence-electron chi connectivity index (χ2n) is 6.10. The topological polar surface area (TPSA) is 75.7 Å². The van der Waals surface area contributed by atoms with Crippen LogP contribution in [0.2, 0.25) is 0 Å². The zero-order valence-corrected chi connectivity index (χ0v) is 15.3. The molecule has 0 saturated carbocycles. The summed E-state index contributed by atoms with van der Waals surface area (Å²) in [5.74, 6) is -0.996. The monoisotopic (exact) mass is 372 g/mol. The lowest BCUT2D eigenvalue weighted by atomic mass is 10.2. The molecule has 0 spiro atoms. The van der Waals surface area contributed by atoms with E-state index in [9.17, 15) is 14.4 Å². The summed E-state index contributed by atoms with van der Waals surface area (Å²) in [6.07, 6.45) is 1.87. The number of carbonyl (C=O) groups is 3. The Morgan fingerprint density at radius 1 is 1.27 bits per heavy atom. The SMILES string of the molecule is CC(=O)Nc1cccc(C(=O)OCC(=O)N2CCC[C@@H]2c2cccs2)c1. The molecule has 2 heterocycles. The molecule has 1 atom stereocenters. The first-order valence-corrected chi connectivity index (χ1v) is 9.30. The van der Waals surface area contributed by atoms with E-state index in [4.69, 9.17) is 4.74 Å². The second-order valence-corrected chi connectivity index (χ2v) is 7.08. The van der Waals surface area contributed by atoms with Gasteiger partial charge in [0.25, 0.3) is 5.91 Å². The molecule has 1 N–H and O–H groups in total. The predicted molar refractivity (Wildman–Crippen MR) is 99.0 cm³/mol. The van der Waals surface area contributed by atoms with Gasteiger partial charge in [0.2, 0.25) is 5.91 Å². The number of rotatable bonds is 5. The standard InChI is InChI=1S/C19H20N2O4S/c1-13(22)20-15-6-2-5-14(11-15)19(24)25-12-18(23)21-9-3-7-16(21)17-8-4-10-26-17/h2,4-6,8,10-11,16H,3,7,9,12H2,1H3,(H,20,22)/t16-/m1/s1. The molecule has 1 fully saturated rings. The predicted octanol–water partition coefficient (Wildman–Crippen LogP) is 3.23. The Kier molecular flexibility index (Phi) is 5.68. The van der Waals surface area contributed by atoms with E-state index in [1.54, 1.807) is 34.4 Å². The van der Waals surface area contributed by atoms with Gasteiger partial charge in [0.05, 0.1) is 11.6 Å². The van der Waals surface area contributed by atoms with Crippen LogP contribution in [0, 0.1) is 0 Å². The molecule has 1 aliphatic rings. The highest BCUT2D eigenvalue weighted by molar-refractivity contribution is 7.10. The van der Waals surface area contributed by atoms with Crippen molar-refractivity contribution in [3.8, 4) is 0 Å². The van der Waals surface area contributed by atoms with E-state index in [-0.39, 0.29) is 24.5 Å². The molecule has 2 aromatic rings. The van der Waals surface area contributed by atoms with Gasteiger partial charge in [0, 0.05) is 24.0 Å². The van der Waals surface area contributed by atoms with Crippen LogP contribution in [0.1, 0.15) is 41.0 Å². The van der Waals surface area contributed by atoms with Gasteiger partial charge >= 0.3 is 5.97 Å². The van der Waals surface area contributed by atoms with E-state index in [0.717, 1.165) is 17.7 Å². The van der Waals surface area contributed by atoms with Crippen molar-refractivity contribution >= 4 is 34.8 Å². The maximum Gasteiger partial charge on any atom is 0.338 e. The van der Waals surface area contributed by atoms with Gasteiger partial charge in [0.1, 0.15) is 0 Å². The van der Waals surface area contributed by atoms with Gasteiger partial charge < -0.3 is 15.0 Å². The number of amides is 2. The number of hydrogen-bond acceptors (Lipinski definition) is 5. The lowest BCUT2D eigenvalue weighted by Gasteiger charge is -2.23. The van der Waals surface area contributed by atoms with Crippen LogP contribution in [-0.4, -0.2) is 35.8 Å². The molecule has 6 nitrogen and oxygen atoms in total. The van der Waals surface area contributed by atoms with Crippen molar-refractivity contribution in [2.24, 2.45) is 0 Å². The summed E-state index contributed by atoms with van der Waals surface area (Å²) in [4.78, 5) is 38.8. The van der Waals surface area contributed by atoms with Gasteiger partial charge in [-0.25, -0.2) is 4.79 Å². The maximum atomic E-state index is 12.5. The second kappa shape index (κ2) is 8.14. The van der Waals surface area contributed by atoms with Gasteiger partial charge in [-0.1, -0.05) is 12.1 Å². The lowest BCUT2D eigenvalue weighted by Crippen LogP contribution is -2.34. The Morgan fingerprint density at radius 3 is 2.85 bits per heavy atom. The highest BCUT2D eigenvalue weighted by Gasteiger charge is 2.31. The van der Waals surface area contributed by atoms with E-state index < -0.39 is 5.97 Å². The fraction of sp³-hybridized carbons (Fsp3) is 0.316. The Labute approximate surface area is 155 Å². The minimum atomic E-state index is -0.586. The molecule has 2 amide bonds. The highest BCUT2D eigenvalue weighted by Crippen LogP contribution is 2.34. The van der Waals surface area contributed by atoms with Crippen molar-refractivity contribution in [3.05, 3.63) is 52.2 Å². The minimum absolute atomic E-state index is 0.0734. The van der Waals surface area contributed by atoms with Crippen molar-refractivity contribution in [1.29, 1.82) is 0 Å². The summed E-state index contributed by atoms with van der Waals surface area (Å²) in [5.41, 5.74) is 0.802. The summed E-state index contributed by atoms with van der Waals surface area (Å²) < 4.78 is 5.19. The number of anilines is 1. The number of benzene rings is 1. The molecular formula is C19H20N2O4S. The number of ether oxygens (including phenoxy) is 1. The smallest absolute Gasteiger partial charge is 0.338 e. The van der Waals surface area contributed by atoms with Crippen LogP contribution in [0.25, 0.3) is 0 Å². The number of hydrogen-bond donors (Lipinski definition) is 1. The number of nitrogens with zero attached hydrogens (tertiary/aromatic N) is 1. The molecule has 3 rings (SSSR count). The van der Waals surface area contributed by atoms with Crippen molar-refractivity contribution in [2.75, 3.05) is 18.5 Å². The zero-order valence-electron chi connectivity index (χ0n) is 14.4. The third-order valence-corrected chi connectivity index (χ3v) is 5.16. The number of esters is 1. The van der Waals surface area contributed by atoms with Gasteiger partial charge in [-0.2, -0.15) is 0 Å². The molecule has 1 aliphatic heterocycles. The molecule has 1 saturated heterocycles. The van der Waals surface area contributed by atoms with Crippen LogP contribution < -0.4 is 5.32 Å². The molecule has 1 aromatic heterocycles. The Morgan fingerprint density at radius 2 is 2.12 bits per heavy atom. The summed E-state index contributed by atoms with van der Waals surface area (Å²) >= 11 is 1.63. The summed E-state index contributed by atoms with van der Waals surface area (Å²) in [6, 6.07) is 10.5. The van der Waals surface area contributed by atoms with E-state index in [1.807, 2.05) is 17.5 Å². The molecule has 0 radical (unpaired) electrons. The normalized spacial score (nSPS) is 16.3. The van der Waals surface area contributed by atoms with Crippen molar-refractivity contribution < 1.29 is 19.1 Å². The average Bonchev–Trinajstić information content (AvgIpc) is 3.29. The van der Waals surface area contributed by atoms with Gasteiger partial charge in [0.15, 0.2) is 6.61 Å². The third kappa shape index (κ3) is 4.29. The number of nitrogens with one attached hydrogen (secondary N) is 1. The van der Waals surface area contributed by atoms with Crippen LogP contribution in [-0.2, 0) is 14.3 Å². The Balaban J connectivity index is 1.59. The molecular weight excluding hydrogens is 352 g/mol. The molecule has 0 aliphatic carbocycles. The number of likely N-dealkylation sites (tertiary alicyclic amines) is 1. The maximum absolute atomic E-state index is 12.5. The van der Waals surface area contributed by atoms with E-state index in [0.29, 0.717) is 17.8 Å². The zero-order chi connectivity index (χ0) is 18.5. The van der Waals surface area contributed by atoms with E-state index >= 15 is 0 Å². The molecule has 0 bridgehead atoms. The van der Waals surface area contributed by atoms with Crippen LogP contribution in [0.4, 0.5) is 5.69 Å². The van der Waals surface area contributed by atoms with Crippen LogP contribution >= 0.6 is 11.3 Å². The first-order valence-electron chi connectivity index (χ1n) is 8.42. The van der Waals surface area contributed by atoms with E-state index in [2.05, 4.69) is 5.32 Å². The summed E-state index contributed by atoms with van der Waals surface area (Å²) in [5, 5.41) is 4.61. The van der Waals surface area contributed by atoms with Crippen LogP contribution in [0.15, 0.2) is 41.8 Å². The lowest BCUT2D eigenvalue weighted by molar-refractivity contribution is -0.135. The Bertz CT molecular complexity index is 804. The van der Waals surface area contributed by atoms with E-state index in [1.165, 1.54) is 13.0 Å². The number of carbonyl (C=O) groups excluding carboxylic acids is 3. The van der Waals surface area contributed by atoms with Gasteiger partial charge in [-0.15, -0.1) is 11.3 Å². The van der Waals surface area contributed by atoms with Crippen molar-refractivity contribution in [1.82, 2.24) is 4.90 Å². The van der Waals surface area contributed by atoms with Crippen LogP contribution in [0.3, 0.4) is 0 Å². The van der Waals surface area contributed by atoms with Crippen molar-refractivity contribution in [2.45, 2.75) is 25.8 Å². The van der Waals surface area contributed by atoms with Crippen LogP contribution in [0.5, 0.6) is 0 Å². The molecule has 136 valence electrons. The molecule has 0 unspecified atom stereocenters. The first kappa shape index (κ1) is 18.1. The fourth-order valence-corrected chi connectivity index (χ4v) is 3.94. The molecule has 26 heavy (non-hydrogen) atoms. The fourth-order valence-electron chi connectivity index (χ4n) is 3.06.